The summed E-state index contributed by atoms with van der Waals surface area (Å²) < 4.78 is 4.76. The molecule has 7 nitrogen and oxygen atoms in total. The summed E-state index contributed by atoms with van der Waals surface area (Å²) >= 11 is 0. The van der Waals surface area contributed by atoms with Gasteiger partial charge in [-0.3, -0.25) is 0 Å². The zero-order valence-electron chi connectivity index (χ0n) is 10.9. The zero-order chi connectivity index (χ0) is 14.0. The van der Waals surface area contributed by atoms with Crippen LogP contribution in [0.2, 0.25) is 0 Å². The van der Waals surface area contributed by atoms with Crippen molar-refractivity contribution >= 4 is 12.0 Å². The second kappa shape index (κ2) is 5.75. The molecule has 108 valence electrons. The van der Waals surface area contributed by atoms with Crippen LogP contribution in [-0.2, 0) is 9.53 Å². The molecule has 0 radical (unpaired) electrons. The monoisotopic (exact) mass is 272 g/mol. The number of urea groups is 1. The van der Waals surface area contributed by atoms with E-state index in [9.17, 15) is 14.7 Å². The Hall–Kier alpha value is -1.34. The van der Waals surface area contributed by atoms with Crippen LogP contribution in [0.5, 0.6) is 0 Å². The van der Waals surface area contributed by atoms with E-state index in [1.165, 1.54) is 7.11 Å². The van der Waals surface area contributed by atoms with Crippen molar-refractivity contribution in [2.45, 2.75) is 50.0 Å². The molecule has 2 saturated heterocycles. The van der Waals surface area contributed by atoms with Crippen LogP contribution in [0.15, 0.2) is 0 Å². The smallest absolute Gasteiger partial charge is 0.334 e. The van der Waals surface area contributed by atoms with Crippen molar-refractivity contribution in [3.05, 3.63) is 0 Å². The summed E-state index contributed by atoms with van der Waals surface area (Å²) in [6, 6.07) is -0.123. The van der Waals surface area contributed by atoms with Crippen LogP contribution in [-0.4, -0.2) is 65.1 Å². The number of nitrogens with zero attached hydrogens (tertiary/aromatic N) is 1. The summed E-state index contributed by atoms with van der Waals surface area (Å²) in [7, 11) is 1.30. The van der Waals surface area contributed by atoms with Crippen molar-refractivity contribution in [2.24, 2.45) is 0 Å². The number of carboxylic acid groups (broad SMARTS) is 1. The van der Waals surface area contributed by atoms with Crippen LogP contribution in [0.4, 0.5) is 4.79 Å². The van der Waals surface area contributed by atoms with E-state index >= 15 is 0 Å². The number of aliphatic hydroxyl groups excluding tert-OH is 1. The van der Waals surface area contributed by atoms with Crippen LogP contribution in [0, 0.1) is 0 Å². The van der Waals surface area contributed by atoms with Gasteiger partial charge in [-0.25, -0.2) is 9.59 Å². The van der Waals surface area contributed by atoms with Gasteiger partial charge in [-0.05, 0) is 25.7 Å². The lowest BCUT2D eigenvalue weighted by atomic mass is 10.0. The van der Waals surface area contributed by atoms with Gasteiger partial charge in [-0.15, -0.1) is 0 Å². The first-order valence-corrected chi connectivity index (χ1v) is 6.52. The molecular formula is C12H20N2O5. The average Bonchev–Trinajstić information content (AvgIpc) is 2.62. The lowest BCUT2D eigenvalue weighted by Gasteiger charge is -2.37. The molecular weight excluding hydrogens is 252 g/mol. The highest BCUT2D eigenvalue weighted by molar-refractivity contribution is 5.77. The Bertz CT molecular complexity index is 348. The molecule has 3 N–H and O–H groups in total. The molecule has 2 fully saturated rings. The quantitative estimate of drug-likeness (QED) is 0.657. The number of nitrogens with one attached hydrogen (secondary N) is 1. The van der Waals surface area contributed by atoms with Gasteiger partial charge in [0, 0.05) is 19.2 Å². The van der Waals surface area contributed by atoms with Gasteiger partial charge < -0.3 is 25.2 Å². The zero-order valence-corrected chi connectivity index (χ0v) is 10.9. The number of methoxy groups -OCH3 is 1. The number of carbonyl (C=O) groups is 2. The maximum Gasteiger partial charge on any atom is 0.334 e. The summed E-state index contributed by atoms with van der Waals surface area (Å²) in [6.07, 6.45) is 1.67. The average molecular weight is 272 g/mol. The number of fused-ring (bicyclic) bond motifs is 2. The van der Waals surface area contributed by atoms with Crippen LogP contribution in [0.1, 0.15) is 25.7 Å². The number of ether oxygens (including phenoxy) is 1. The Morgan fingerprint density at radius 3 is 2.42 bits per heavy atom. The van der Waals surface area contributed by atoms with Crippen LogP contribution in [0.25, 0.3) is 0 Å². The molecule has 19 heavy (non-hydrogen) atoms. The van der Waals surface area contributed by atoms with Gasteiger partial charge in [0.25, 0.3) is 0 Å². The molecule has 0 aromatic carbocycles. The number of carboxylic acids is 1. The molecule has 0 aromatic rings. The van der Waals surface area contributed by atoms with Crippen LogP contribution < -0.4 is 5.32 Å². The Morgan fingerprint density at radius 1 is 1.37 bits per heavy atom. The van der Waals surface area contributed by atoms with Crippen LogP contribution in [0.3, 0.4) is 0 Å². The highest BCUT2D eigenvalue weighted by Gasteiger charge is 2.42. The first kappa shape index (κ1) is 14.1. The number of amides is 2. The van der Waals surface area contributed by atoms with E-state index in [2.05, 4.69) is 5.32 Å². The molecule has 0 spiro atoms. The maximum absolute atomic E-state index is 12.1. The van der Waals surface area contributed by atoms with Crippen LogP contribution >= 0.6 is 0 Å². The highest BCUT2D eigenvalue weighted by atomic mass is 16.5. The van der Waals surface area contributed by atoms with Crippen molar-refractivity contribution in [2.75, 3.05) is 13.7 Å². The Balaban J connectivity index is 1.89. The predicted octanol–water partition coefficient (Wildman–Crippen LogP) is -0.217. The summed E-state index contributed by atoms with van der Waals surface area (Å²) in [5.74, 6) is -1.10. The number of carbonyl (C=O) groups excluding carboxylic acids is 1. The standard InChI is InChI=1S/C12H20N2O5/c1-19-10(11(16)17)6-13-12(18)14-7-2-3-8(14)5-9(15)4-7/h7-10,15H,2-6H2,1H3,(H,13,18)(H,16,17). The van der Waals surface area contributed by atoms with Gasteiger partial charge in [-0.2, -0.15) is 0 Å². The Morgan fingerprint density at radius 2 is 1.95 bits per heavy atom. The number of piperidine rings is 1. The fourth-order valence-electron chi connectivity index (χ4n) is 3.02. The van der Waals surface area contributed by atoms with Gasteiger partial charge in [0.05, 0.1) is 12.6 Å². The first-order valence-electron chi connectivity index (χ1n) is 6.52. The number of hydrogen-bond acceptors (Lipinski definition) is 4. The van der Waals surface area contributed by atoms with Gasteiger partial charge in [-0.1, -0.05) is 0 Å². The largest absolute Gasteiger partial charge is 0.479 e. The molecule has 2 bridgehead atoms. The second-order valence-corrected chi connectivity index (χ2v) is 5.17. The Labute approximate surface area is 111 Å². The van der Waals surface area contributed by atoms with Crippen molar-refractivity contribution in [3.63, 3.8) is 0 Å². The number of aliphatic hydroxyl groups is 1. The molecule has 3 unspecified atom stereocenters. The third-order valence-electron chi connectivity index (χ3n) is 3.94. The van der Waals surface area contributed by atoms with E-state index in [-0.39, 0.29) is 30.8 Å². The Kier molecular flexibility index (Phi) is 4.26. The lowest BCUT2D eigenvalue weighted by molar-refractivity contribution is -0.148. The molecule has 2 amide bonds. The molecule has 2 heterocycles. The summed E-state index contributed by atoms with van der Waals surface area (Å²) in [5.41, 5.74) is 0. The second-order valence-electron chi connectivity index (χ2n) is 5.17. The van der Waals surface area contributed by atoms with Crippen molar-refractivity contribution in [1.29, 1.82) is 0 Å². The topological polar surface area (TPSA) is 99.1 Å². The third-order valence-corrected chi connectivity index (χ3v) is 3.94. The summed E-state index contributed by atoms with van der Waals surface area (Å²) in [5, 5.41) is 21.1. The summed E-state index contributed by atoms with van der Waals surface area (Å²) in [6.45, 7) is -0.0524. The van der Waals surface area contributed by atoms with E-state index in [1.807, 2.05) is 0 Å². The minimum atomic E-state index is -1.10. The van der Waals surface area contributed by atoms with E-state index in [1.54, 1.807) is 4.90 Å². The van der Waals surface area contributed by atoms with Gasteiger partial charge >= 0.3 is 12.0 Å². The molecule has 0 aliphatic carbocycles. The van der Waals surface area contributed by atoms with Gasteiger partial charge in [0.1, 0.15) is 0 Å². The van der Waals surface area contributed by atoms with Crippen molar-refractivity contribution < 1.29 is 24.5 Å². The molecule has 0 aromatic heterocycles. The fourth-order valence-corrected chi connectivity index (χ4v) is 3.02. The maximum atomic E-state index is 12.1. The third kappa shape index (κ3) is 2.98. The van der Waals surface area contributed by atoms with E-state index in [0.717, 1.165) is 12.8 Å². The van der Waals surface area contributed by atoms with E-state index in [4.69, 9.17) is 9.84 Å². The normalized spacial score (nSPS) is 31.1. The van der Waals surface area contributed by atoms with Gasteiger partial charge in [0.2, 0.25) is 0 Å². The molecule has 2 aliphatic heterocycles. The SMILES string of the molecule is COC(CNC(=O)N1C2CCC1CC(O)C2)C(=O)O. The number of aliphatic carboxylic acids is 1. The number of hydrogen-bond donors (Lipinski definition) is 3. The molecule has 3 atom stereocenters. The molecule has 0 saturated carbocycles. The number of rotatable bonds is 4. The molecule has 7 heteroatoms. The summed E-state index contributed by atoms with van der Waals surface area (Å²) in [4.78, 5) is 24.6. The van der Waals surface area contributed by atoms with Gasteiger partial charge in [0.15, 0.2) is 6.10 Å². The van der Waals surface area contributed by atoms with Crippen molar-refractivity contribution in [3.8, 4) is 0 Å². The van der Waals surface area contributed by atoms with Crippen molar-refractivity contribution in [1.82, 2.24) is 10.2 Å². The van der Waals surface area contributed by atoms with E-state index < -0.39 is 12.1 Å². The predicted molar refractivity (Wildman–Crippen MR) is 65.7 cm³/mol. The molecule has 2 rings (SSSR count). The van der Waals surface area contributed by atoms with E-state index in [0.29, 0.717) is 12.8 Å². The first-order chi connectivity index (χ1) is 9.02. The minimum Gasteiger partial charge on any atom is -0.479 e. The molecule has 2 aliphatic rings. The highest BCUT2D eigenvalue weighted by Crippen LogP contribution is 2.35. The minimum absolute atomic E-state index is 0.0524. The lowest BCUT2D eigenvalue weighted by Crippen LogP contribution is -2.53. The fraction of sp³-hybridized carbons (Fsp3) is 0.833.